The van der Waals surface area contributed by atoms with Crippen LogP contribution in [0.15, 0.2) is 36.7 Å². The number of para-hydroxylation sites is 2. The van der Waals surface area contributed by atoms with Gasteiger partial charge in [-0.15, -0.1) is 0 Å². The number of nitrogens with one attached hydrogen (secondary N) is 1. The molecule has 132 valence electrons. The molecule has 2 heterocycles. The lowest BCUT2D eigenvalue weighted by atomic mass is 10.3. The Kier molecular flexibility index (Phi) is 5.45. The molecule has 1 aliphatic heterocycles. The highest BCUT2D eigenvalue weighted by Gasteiger charge is 2.18. The molecule has 1 aliphatic rings. The minimum atomic E-state index is -0.306. The third-order valence-corrected chi connectivity index (χ3v) is 4.37. The van der Waals surface area contributed by atoms with E-state index in [0.717, 1.165) is 38.5 Å². The van der Waals surface area contributed by atoms with Crippen molar-refractivity contribution in [2.24, 2.45) is 0 Å². The Morgan fingerprint density at radius 2 is 1.92 bits per heavy atom. The summed E-state index contributed by atoms with van der Waals surface area (Å²) in [6.07, 6.45) is 3.19. The van der Waals surface area contributed by atoms with Crippen molar-refractivity contribution >= 4 is 17.4 Å². The number of likely N-dealkylation sites (N-methyl/N-ethyl adjacent to an activating group) is 1. The first-order valence-electron chi connectivity index (χ1n) is 8.45. The highest BCUT2D eigenvalue weighted by Crippen LogP contribution is 2.23. The number of nitrogens with zero attached hydrogens (tertiary/aromatic N) is 4. The van der Waals surface area contributed by atoms with E-state index in [1.54, 1.807) is 25.4 Å². The van der Waals surface area contributed by atoms with Gasteiger partial charge in [-0.2, -0.15) is 0 Å². The number of hydrogen-bond acceptors (Lipinski definition) is 6. The number of amides is 1. The van der Waals surface area contributed by atoms with E-state index in [-0.39, 0.29) is 11.6 Å². The third kappa shape index (κ3) is 4.06. The summed E-state index contributed by atoms with van der Waals surface area (Å²) in [5.74, 6) is 1.11. The minimum Gasteiger partial charge on any atom is -0.495 e. The molecule has 0 radical (unpaired) electrons. The van der Waals surface area contributed by atoms with Gasteiger partial charge in [-0.05, 0) is 18.7 Å². The minimum absolute atomic E-state index is 0.279. The van der Waals surface area contributed by atoms with Crippen LogP contribution in [0.5, 0.6) is 5.75 Å². The monoisotopic (exact) mass is 341 g/mol. The van der Waals surface area contributed by atoms with Gasteiger partial charge in [0.15, 0.2) is 0 Å². The Balaban J connectivity index is 1.65. The van der Waals surface area contributed by atoms with Crippen LogP contribution in [0.1, 0.15) is 17.4 Å². The lowest BCUT2D eigenvalue weighted by molar-refractivity contribution is 0.102. The van der Waals surface area contributed by atoms with Crippen LogP contribution < -0.4 is 15.0 Å². The predicted molar refractivity (Wildman–Crippen MR) is 97.3 cm³/mol. The van der Waals surface area contributed by atoms with Crippen LogP contribution in [-0.2, 0) is 0 Å². The van der Waals surface area contributed by atoms with Gasteiger partial charge in [0.05, 0.1) is 25.2 Å². The first-order chi connectivity index (χ1) is 12.2. The van der Waals surface area contributed by atoms with Crippen LogP contribution in [0, 0.1) is 0 Å². The van der Waals surface area contributed by atoms with Crippen LogP contribution in [0.2, 0.25) is 0 Å². The summed E-state index contributed by atoms with van der Waals surface area (Å²) in [4.78, 5) is 25.6. The van der Waals surface area contributed by atoms with Gasteiger partial charge in [-0.3, -0.25) is 4.79 Å². The van der Waals surface area contributed by atoms with E-state index < -0.39 is 0 Å². The second-order valence-corrected chi connectivity index (χ2v) is 5.84. The topological polar surface area (TPSA) is 70.6 Å². The summed E-state index contributed by atoms with van der Waals surface area (Å²) >= 11 is 0. The van der Waals surface area contributed by atoms with E-state index in [4.69, 9.17) is 4.74 Å². The Morgan fingerprint density at radius 3 is 2.56 bits per heavy atom. The number of methoxy groups -OCH3 is 1. The molecule has 7 heteroatoms. The Labute approximate surface area is 147 Å². The molecule has 0 unspecified atom stereocenters. The highest BCUT2D eigenvalue weighted by molar-refractivity contribution is 6.03. The summed E-state index contributed by atoms with van der Waals surface area (Å²) in [6.45, 7) is 7.14. The van der Waals surface area contributed by atoms with E-state index in [1.165, 1.54) is 6.20 Å². The lowest BCUT2D eigenvalue weighted by Crippen LogP contribution is -2.46. The summed E-state index contributed by atoms with van der Waals surface area (Å²) in [6, 6.07) is 7.26. The van der Waals surface area contributed by atoms with Gasteiger partial charge in [-0.1, -0.05) is 19.1 Å². The molecule has 3 rings (SSSR count). The van der Waals surface area contributed by atoms with Crippen LogP contribution in [0.3, 0.4) is 0 Å². The molecule has 1 N–H and O–H groups in total. The number of carbonyl (C=O) groups excluding carboxylic acids is 1. The maximum atomic E-state index is 12.4. The van der Waals surface area contributed by atoms with Crippen molar-refractivity contribution in [2.75, 3.05) is 50.1 Å². The zero-order valence-electron chi connectivity index (χ0n) is 14.6. The van der Waals surface area contributed by atoms with Crippen LogP contribution in [0.25, 0.3) is 0 Å². The maximum absolute atomic E-state index is 12.4. The summed E-state index contributed by atoms with van der Waals surface area (Å²) in [5, 5.41) is 2.80. The van der Waals surface area contributed by atoms with Gasteiger partial charge >= 0.3 is 0 Å². The fourth-order valence-electron chi connectivity index (χ4n) is 2.83. The Hall–Kier alpha value is -2.67. The van der Waals surface area contributed by atoms with Crippen LogP contribution in [-0.4, -0.2) is 60.6 Å². The molecule has 1 saturated heterocycles. The SMILES string of the molecule is CCN1CCN(c2cnc(C(=O)Nc3ccccc3OC)cn2)CC1. The Bertz CT molecular complexity index is 712. The zero-order chi connectivity index (χ0) is 17.6. The van der Waals surface area contributed by atoms with Crippen LogP contribution >= 0.6 is 0 Å². The molecule has 25 heavy (non-hydrogen) atoms. The van der Waals surface area contributed by atoms with Crippen LogP contribution in [0.4, 0.5) is 11.5 Å². The maximum Gasteiger partial charge on any atom is 0.275 e. The van der Waals surface area contributed by atoms with Crippen molar-refractivity contribution in [3.8, 4) is 5.75 Å². The van der Waals surface area contributed by atoms with Crippen molar-refractivity contribution in [3.05, 3.63) is 42.4 Å². The van der Waals surface area contributed by atoms with E-state index in [1.807, 2.05) is 12.1 Å². The van der Waals surface area contributed by atoms with Gasteiger partial charge in [-0.25, -0.2) is 9.97 Å². The summed E-state index contributed by atoms with van der Waals surface area (Å²) < 4.78 is 5.24. The molecule has 2 aromatic rings. The Morgan fingerprint density at radius 1 is 1.16 bits per heavy atom. The van der Waals surface area contributed by atoms with Crippen molar-refractivity contribution < 1.29 is 9.53 Å². The van der Waals surface area contributed by atoms with Gasteiger partial charge in [0.1, 0.15) is 17.3 Å². The molecule has 0 aliphatic carbocycles. The molecule has 7 nitrogen and oxygen atoms in total. The molecule has 0 spiro atoms. The second kappa shape index (κ2) is 7.94. The number of aromatic nitrogens is 2. The number of carbonyl (C=O) groups is 1. The van der Waals surface area contributed by atoms with Crippen molar-refractivity contribution in [2.45, 2.75) is 6.92 Å². The van der Waals surface area contributed by atoms with E-state index >= 15 is 0 Å². The molecule has 1 fully saturated rings. The largest absolute Gasteiger partial charge is 0.495 e. The van der Waals surface area contributed by atoms with Crippen molar-refractivity contribution in [1.29, 1.82) is 0 Å². The fraction of sp³-hybridized carbons (Fsp3) is 0.389. The fourth-order valence-corrected chi connectivity index (χ4v) is 2.83. The average Bonchev–Trinajstić information content (AvgIpc) is 2.68. The first-order valence-corrected chi connectivity index (χ1v) is 8.45. The molecule has 1 amide bonds. The number of anilines is 2. The first kappa shape index (κ1) is 17.2. The number of ether oxygens (including phenoxy) is 1. The second-order valence-electron chi connectivity index (χ2n) is 5.84. The van der Waals surface area contributed by atoms with Gasteiger partial charge < -0.3 is 19.9 Å². The number of rotatable bonds is 5. The number of piperazine rings is 1. The molecule has 1 aromatic carbocycles. The molecular weight excluding hydrogens is 318 g/mol. The molecule has 0 bridgehead atoms. The highest BCUT2D eigenvalue weighted by atomic mass is 16.5. The standard InChI is InChI=1S/C18H23N5O2/c1-3-22-8-10-23(11-9-22)17-13-19-15(12-20-17)18(24)21-14-6-4-5-7-16(14)25-2/h4-7,12-13H,3,8-11H2,1-2H3,(H,21,24). The summed E-state index contributed by atoms with van der Waals surface area (Å²) in [5.41, 5.74) is 0.887. The molecular formula is C18H23N5O2. The lowest BCUT2D eigenvalue weighted by Gasteiger charge is -2.34. The molecule has 0 saturated carbocycles. The van der Waals surface area contributed by atoms with Gasteiger partial charge in [0.25, 0.3) is 5.91 Å². The molecule has 0 atom stereocenters. The smallest absolute Gasteiger partial charge is 0.275 e. The molecule has 1 aromatic heterocycles. The van der Waals surface area contributed by atoms with E-state index in [0.29, 0.717) is 11.4 Å². The van der Waals surface area contributed by atoms with Gasteiger partial charge in [0.2, 0.25) is 0 Å². The summed E-state index contributed by atoms with van der Waals surface area (Å²) in [7, 11) is 1.57. The zero-order valence-corrected chi connectivity index (χ0v) is 14.6. The van der Waals surface area contributed by atoms with E-state index in [2.05, 4.69) is 32.0 Å². The van der Waals surface area contributed by atoms with Crippen molar-refractivity contribution in [1.82, 2.24) is 14.9 Å². The number of benzene rings is 1. The van der Waals surface area contributed by atoms with Gasteiger partial charge in [0, 0.05) is 26.2 Å². The van der Waals surface area contributed by atoms with Crippen molar-refractivity contribution in [3.63, 3.8) is 0 Å². The van der Waals surface area contributed by atoms with E-state index in [9.17, 15) is 4.79 Å². The quantitative estimate of drug-likeness (QED) is 0.895. The normalized spacial score (nSPS) is 15.0. The predicted octanol–water partition coefficient (Wildman–Crippen LogP) is 1.88. The average molecular weight is 341 g/mol. The number of hydrogen-bond donors (Lipinski definition) is 1. The third-order valence-electron chi connectivity index (χ3n) is 4.37.